The zero-order chi connectivity index (χ0) is 20.8. The summed E-state index contributed by atoms with van der Waals surface area (Å²) in [6.45, 7) is 6.04. The first-order valence-corrected chi connectivity index (χ1v) is 10.1. The van der Waals surface area contributed by atoms with Gasteiger partial charge in [-0.3, -0.25) is 9.79 Å². The number of carbonyl (C=O) groups excluding carboxylic acids is 1. The predicted octanol–water partition coefficient (Wildman–Crippen LogP) is 6.14. The molecule has 0 heterocycles. The molecule has 0 aliphatic rings. The Kier molecular flexibility index (Phi) is 6.83. The van der Waals surface area contributed by atoms with Gasteiger partial charge in [0, 0.05) is 21.9 Å². The smallest absolute Gasteiger partial charge is 0.262 e. The number of hydrogen-bond acceptors (Lipinski definition) is 3. The summed E-state index contributed by atoms with van der Waals surface area (Å²) in [5.41, 5.74) is 5.93. The molecule has 5 heteroatoms. The minimum atomic E-state index is -0.212. The van der Waals surface area contributed by atoms with Gasteiger partial charge in [0.15, 0.2) is 6.61 Å². The van der Waals surface area contributed by atoms with Crippen molar-refractivity contribution in [2.24, 2.45) is 4.99 Å². The second-order valence-electron chi connectivity index (χ2n) is 6.92. The third-order valence-corrected chi connectivity index (χ3v) is 4.97. The van der Waals surface area contributed by atoms with E-state index >= 15 is 0 Å². The zero-order valence-electron chi connectivity index (χ0n) is 16.7. The van der Waals surface area contributed by atoms with E-state index in [0.29, 0.717) is 5.75 Å². The molecule has 0 saturated heterocycles. The topological polar surface area (TPSA) is 50.7 Å². The number of aliphatic imine (C=N–C) groups is 1. The number of anilines is 1. The van der Waals surface area contributed by atoms with E-state index in [1.165, 1.54) is 11.1 Å². The molecular formula is C24H23BrN2O2. The first-order valence-electron chi connectivity index (χ1n) is 9.31. The molecule has 148 valence electrons. The standard InChI is InChI=1S/C24H23BrN2O2/c1-16-5-4-6-22(11-16)27-24(28)15-29-23-10-8-20(25)13-19(23)14-26-21-9-7-17(2)18(3)12-21/h4-14H,15H2,1-3H3,(H,27,28). The summed E-state index contributed by atoms with van der Waals surface area (Å²) in [5, 5.41) is 2.85. The lowest BCUT2D eigenvalue weighted by Crippen LogP contribution is -2.20. The summed E-state index contributed by atoms with van der Waals surface area (Å²) in [6.07, 6.45) is 1.75. The average molecular weight is 451 g/mol. The van der Waals surface area contributed by atoms with Crippen molar-refractivity contribution in [3.05, 3.63) is 87.4 Å². The van der Waals surface area contributed by atoms with E-state index in [-0.39, 0.29) is 12.5 Å². The first kappa shape index (κ1) is 20.8. The van der Waals surface area contributed by atoms with Crippen molar-refractivity contribution < 1.29 is 9.53 Å². The van der Waals surface area contributed by atoms with Crippen LogP contribution in [-0.2, 0) is 4.79 Å². The second kappa shape index (κ2) is 9.52. The van der Waals surface area contributed by atoms with Crippen molar-refractivity contribution >= 4 is 39.4 Å². The minimum absolute atomic E-state index is 0.0833. The molecule has 0 spiro atoms. The van der Waals surface area contributed by atoms with Crippen LogP contribution in [-0.4, -0.2) is 18.7 Å². The van der Waals surface area contributed by atoms with Gasteiger partial charge in [-0.2, -0.15) is 0 Å². The highest BCUT2D eigenvalue weighted by molar-refractivity contribution is 9.10. The average Bonchev–Trinajstić information content (AvgIpc) is 2.68. The van der Waals surface area contributed by atoms with Gasteiger partial charge in [-0.25, -0.2) is 0 Å². The SMILES string of the molecule is Cc1cccc(NC(=O)COc2ccc(Br)cc2C=Nc2ccc(C)c(C)c2)c1. The number of benzene rings is 3. The molecule has 0 fully saturated rings. The highest BCUT2D eigenvalue weighted by Crippen LogP contribution is 2.24. The van der Waals surface area contributed by atoms with E-state index in [2.05, 4.69) is 46.2 Å². The molecular weight excluding hydrogens is 428 g/mol. The Bertz CT molecular complexity index is 1060. The van der Waals surface area contributed by atoms with Gasteiger partial charge in [-0.05, 0) is 79.9 Å². The molecule has 0 unspecified atom stereocenters. The van der Waals surface area contributed by atoms with Crippen LogP contribution in [0, 0.1) is 20.8 Å². The normalized spacial score (nSPS) is 10.9. The molecule has 1 amide bonds. The van der Waals surface area contributed by atoms with Crippen molar-refractivity contribution in [2.75, 3.05) is 11.9 Å². The number of nitrogens with one attached hydrogen (secondary N) is 1. The number of hydrogen-bond donors (Lipinski definition) is 1. The van der Waals surface area contributed by atoms with Gasteiger partial charge in [0.1, 0.15) is 5.75 Å². The fraction of sp³-hybridized carbons (Fsp3) is 0.167. The van der Waals surface area contributed by atoms with Crippen molar-refractivity contribution in [3.63, 3.8) is 0 Å². The Morgan fingerprint density at radius 3 is 2.62 bits per heavy atom. The largest absolute Gasteiger partial charge is 0.483 e. The van der Waals surface area contributed by atoms with Crippen molar-refractivity contribution in [2.45, 2.75) is 20.8 Å². The van der Waals surface area contributed by atoms with Crippen molar-refractivity contribution in [1.82, 2.24) is 0 Å². The summed E-state index contributed by atoms with van der Waals surface area (Å²) >= 11 is 3.48. The van der Waals surface area contributed by atoms with E-state index in [9.17, 15) is 4.79 Å². The van der Waals surface area contributed by atoms with Crippen LogP contribution in [0.3, 0.4) is 0 Å². The third-order valence-electron chi connectivity index (χ3n) is 4.48. The molecule has 3 aromatic carbocycles. The van der Waals surface area contributed by atoms with Crippen LogP contribution < -0.4 is 10.1 Å². The molecule has 0 radical (unpaired) electrons. The van der Waals surface area contributed by atoms with Gasteiger partial charge in [0.05, 0.1) is 5.69 Å². The van der Waals surface area contributed by atoms with Gasteiger partial charge in [-0.15, -0.1) is 0 Å². The Labute approximate surface area is 179 Å². The van der Waals surface area contributed by atoms with E-state index in [1.54, 1.807) is 6.21 Å². The maximum atomic E-state index is 12.2. The number of rotatable bonds is 6. The number of nitrogens with zero attached hydrogens (tertiary/aromatic N) is 1. The summed E-state index contributed by atoms with van der Waals surface area (Å²) < 4.78 is 6.68. The lowest BCUT2D eigenvalue weighted by molar-refractivity contribution is -0.118. The summed E-state index contributed by atoms with van der Waals surface area (Å²) in [4.78, 5) is 16.8. The molecule has 3 rings (SSSR count). The quantitative estimate of drug-likeness (QED) is 0.458. The Morgan fingerprint density at radius 1 is 1.03 bits per heavy atom. The molecule has 0 bridgehead atoms. The number of aryl methyl sites for hydroxylation is 3. The molecule has 1 N–H and O–H groups in total. The fourth-order valence-electron chi connectivity index (χ4n) is 2.76. The minimum Gasteiger partial charge on any atom is -0.483 e. The lowest BCUT2D eigenvalue weighted by atomic mass is 10.1. The van der Waals surface area contributed by atoms with Crippen LogP contribution in [0.25, 0.3) is 0 Å². The van der Waals surface area contributed by atoms with Crippen LogP contribution in [0.1, 0.15) is 22.3 Å². The molecule has 0 atom stereocenters. The van der Waals surface area contributed by atoms with Gasteiger partial charge in [0.25, 0.3) is 5.91 Å². The number of carbonyl (C=O) groups is 1. The van der Waals surface area contributed by atoms with Gasteiger partial charge >= 0.3 is 0 Å². The monoisotopic (exact) mass is 450 g/mol. The fourth-order valence-corrected chi connectivity index (χ4v) is 3.14. The van der Waals surface area contributed by atoms with Crippen molar-refractivity contribution in [3.8, 4) is 5.75 Å². The maximum absolute atomic E-state index is 12.2. The Morgan fingerprint density at radius 2 is 1.86 bits per heavy atom. The molecule has 29 heavy (non-hydrogen) atoms. The zero-order valence-corrected chi connectivity index (χ0v) is 18.3. The van der Waals surface area contributed by atoms with Crippen LogP contribution in [0.4, 0.5) is 11.4 Å². The predicted molar refractivity (Wildman–Crippen MR) is 123 cm³/mol. The number of amides is 1. The molecule has 4 nitrogen and oxygen atoms in total. The van der Waals surface area contributed by atoms with Gasteiger partial charge < -0.3 is 10.1 Å². The molecule has 0 aliphatic heterocycles. The summed E-state index contributed by atoms with van der Waals surface area (Å²) in [7, 11) is 0. The highest BCUT2D eigenvalue weighted by Gasteiger charge is 2.08. The van der Waals surface area contributed by atoms with E-state index in [4.69, 9.17) is 4.74 Å². The number of halogens is 1. The van der Waals surface area contributed by atoms with E-state index < -0.39 is 0 Å². The van der Waals surface area contributed by atoms with E-state index in [0.717, 1.165) is 27.0 Å². The maximum Gasteiger partial charge on any atom is 0.262 e. The molecule has 3 aromatic rings. The first-order chi connectivity index (χ1) is 13.9. The van der Waals surface area contributed by atoms with Crippen LogP contribution in [0.5, 0.6) is 5.75 Å². The van der Waals surface area contributed by atoms with E-state index in [1.807, 2.05) is 61.5 Å². The summed E-state index contributed by atoms with van der Waals surface area (Å²) in [5.74, 6) is 0.385. The highest BCUT2D eigenvalue weighted by atomic mass is 79.9. The van der Waals surface area contributed by atoms with Crippen molar-refractivity contribution in [1.29, 1.82) is 0 Å². The second-order valence-corrected chi connectivity index (χ2v) is 7.83. The Balaban J connectivity index is 1.70. The van der Waals surface area contributed by atoms with Crippen LogP contribution >= 0.6 is 15.9 Å². The molecule has 0 saturated carbocycles. The van der Waals surface area contributed by atoms with Gasteiger partial charge in [0.2, 0.25) is 0 Å². The Hall–Kier alpha value is -2.92. The third kappa shape index (κ3) is 6.03. The molecule has 0 aliphatic carbocycles. The van der Waals surface area contributed by atoms with Gasteiger partial charge in [-0.1, -0.05) is 34.1 Å². The van der Waals surface area contributed by atoms with Crippen LogP contribution in [0.15, 0.2) is 70.1 Å². The number of ether oxygens (including phenoxy) is 1. The summed E-state index contributed by atoms with van der Waals surface area (Å²) in [6, 6.07) is 19.3. The molecule has 0 aromatic heterocycles. The lowest BCUT2D eigenvalue weighted by Gasteiger charge is -2.10. The van der Waals surface area contributed by atoms with Crippen LogP contribution in [0.2, 0.25) is 0 Å².